The van der Waals surface area contributed by atoms with Gasteiger partial charge in [0.05, 0.1) is 5.69 Å². The monoisotopic (exact) mass is 411 g/mol. The van der Waals surface area contributed by atoms with Crippen LogP contribution in [0.2, 0.25) is 0 Å². The van der Waals surface area contributed by atoms with Crippen molar-refractivity contribution in [1.82, 2.24) is 18.9 Å². The lowest BCUT2D eigenvalue weighted by Crippen LogP contribution is -2.16. The van der Waals surface area contributed by atoms with E-state index < -0.39 is 0 Å². The fraction of sp³-hybridized carbons (Fsp3) is 0. The second-order valence-electron chi connectivity index (χ2n) is 6.77. The number of H-pyrrole nitrogens is 1. The molecule has 0 fully saturated rings. The Morgan fingerprint density at radius 3 is 2.50 bits per heavy atom. The number of aromatic nitrogens is 4. The molecule has 2 N–H and O–H groups in total. The van der Waals surface area contributed by atoms with Crippen LogP contribution in [-0.2, 0) is 0 Å². The summed E-state index contributed by atoms with van der Waals surface area (Å²) in [6.45, 7) is 0. The van der Waals surface area contributed by atoms with Crippen LogP contribution in [0.4, 0.5) is 5.69 Å². The smallest absolute Gasteiger partial charge is 0.274 e. The first-order valence-corrected chi connectivity index (χ1v) is 9.81. The number of aromatic amines is 1. The largest absolute Gasteiger partial charge is 0.336 e. The Labute approximate surface area is 177 Å². The van der Waals surface area contributed by atoms with Crippen LogP contribution in [0, 0.1) is 4.77 Å². The number of hydrogen-bond acceptors (Lipinski definition) is 3. The lowest BCUT2D eigenvalue weighted by Gasteiger charge is -2.09. The number of nitrogens with one attached hydrogen (secondary N) is 2. The van der Waals surface area contributed by atoms with Crippen molar-refractivity contribution in [2.75, 3.05) is 5.32 Å². The first-order chi connectivity index (χ1) is 14.7. The zero-order chi connectivity index (χ0) is 20.5. The van der Waals surface area contributed by atoms with E-state index in [1.165, 1.54) is 0 Å². The summed E-state index contributed by atoms with van der Waals surface area (Å²) in [7, 11) is 0. The van der Waals surface area contributed by atoms with Gasteiger partial charge < -0.3 is 14.7 Å². The van der Waals surface area contributed by atoms with E-state index in [9.17, 15) is 4.79 Å². The molecule has 0 aliphatic carbocycles. The number of amides is 1. The van der Waals surface area contributed by atoms with Gasteiger partial charge in [-0.2, -0.15) is 0 Å². The third-order valence-electron chi connectivity index (χ3n) is 4.83. The van der Waals surface area contributed by atoms with Crippen molar-refractivity contribution in [3.8, 4) is 16.9 Å². The summed E-state index contributed by atoms with van der Waals surface area (Å²) < 4.78 is 4.16. The van der Waals surface area contributed by atoms with Gasteiger partial charge in [0.2, 0.25) is 0 Å². The van der Waals surface area contributed by atoms with E-state index in [-0.39, 0.29) is 5.91 Å². The maximum atomic E-state index is 12.9. The maximum Gasteiger partial charge on any atom is 0.274 e. The van der Waals surface area contributed by atoms with Gasteiger partial charge in [0.1, 0.15) is 11.3 Å². The fourth-order valence-electron chi connectivity index (χ4n) is 3.36. The van der Waals surface area contributed by atoms with Crippen LogP contribution in [0.1, 0.15) is 10.5 Å². The normalized spacial score (nSPS) is 10.9. The number of para-hydroxylation sites is 1. The summed E-state index contributed by atoms with van der Waals surface area (Å²) in [6.07, 6.45) is 5.57. The third-order valence-corrected chi connectivity index (χ3v) is 5.13. The van der Waals surface area contributed by atoms with Crippen LogP contribution in [0.3, 0.4) is 0 Å². The average Bonchev–Trinajstić information content (AvgIpc) is 3.38. The molecule has 2 aromatic carbocycles. The van der Waals surface area contributed by atoms with Crippen molar-refractivity contribution in [2.45, 2.75) is 0 Å². The van der Waals surface area contributed by atoms with Crippen LogP contribution in [0.25, 0.3) is 22.6 Å². The first kappa shape index (κ1) is 18.1. The second kappa shape index (κ2) is 7.46. The van der Waals surface area contributed by atoms with Gasteiger partial charge in [0, 0.05) is 35.5 Å². The van der Waals surface area contributed by atoms with Crippen molar-refractivity contribution in [3.63, 3.8) is 0 Å². The van der Waals surface area contributed by atoms with E-state index in [0.717, 1.165) is 22.6 Å². The molecule has 0 unspecified atom stereocenters. The Kier molecular flexibility index (Phi) is 4.49. The van der Waals surface area contributed by atoms with Gasteiger partial charge in [0.25, 0.3) is 5.91 Å². The van der Waals surface area contributed by atoms with E-state index in [4.69, 9.17) is 12.2 Å². The molecule has 6 nitrogen and oxygen atoms in total. The average molecular weight is 411 g/mol. The minimum Gasteiger partial charge on any atom is -0.336 e. The number of fused-ring (bicyclic) bond motifs is 1. The van der Waals surface area contributed by atoms with Crippen LogP contribution in [-0.4, -0.2) is 24.8 Å². The zero-order valence-corrected chi connectivity index (χ0v) is 16.6. The van der Waals surface area contributed by atoms with Gasteiger partial charge in [-0.05, 0) is 48.6 Å². The molecule has 146 valence electrons. The predicted molar refractivity (Wildman–Crippen MR) is 120 cm³/mol. The van der Waals surface area contributed by atoms with Crippen molar-refractivity contribution in [3.05, 3.63) is 102 Å². The molecule has 0 bridgehead atoms. The van der Waals surface area contributed by atoms with E-state index in [1.807, 2.05) is 89.6 Å². The number of imidazole rings is 2. The molecular weight excluding hydrogens is 394 g/mol. The van der Waals surface area contributed by atoms with Crippen LogP contribution < -0.4 is 5.32 Å². The molecule has 0 radical (unpaired) electrons. The third kappa shape index (κ3) is 3.31. The minimum absolute atomic E-state index is 0.244. The summed E-state index contributed by atoms with van der Waals surface area (Å²) in [5.41, 5.74) is 4.71. The van der Waals surface area contributed by atoms with E-state index >= 15 is 0 Å². The molecule has 0 atom stereocenters. The van der Waals surface area contributed by atoms with Crippen molar-refractivity contribution >= 4 is 29.5 Å². The summed E-state index contributed by atoms with van der Waals surface area (Å²) in [6, 6.07) is 23.1. The fourth-order valence-corrected chi connectivity index (χ4v) is 3.62. The standard InChI is InChI=1S/C23H17N5OS/c29-22(20-14-24-23(30)28(20)18-6-2-1-3-7-18)25-17-11-9-16(10-12-17)19-15-27-13-5-4-8-21(27)26-19/h1-15H,(H,24,30)(H,25,29). The minimum atomic E-state index is -0.244. The summed E-state index contributed by atoms with van der Waals surface area (Å²) >= 11 is 5.36. The van der Waals surface area contributed by atoms with E-state index in [0.29, 0.717) is 16.2 Å². The molecule has 5 rings (SSSR count). The van der Waals surface area contributed by atoms with E-state index in [1.54, 1.807) is 10.8 Å². The highest BCUT2D eigenvalue weighted by molar-refractivity contribution is 7.71. The summed E-state index contributed by atoms with van der Waals surface area (Å²) in [5, 5.41) is 2.94. The van der Waals surface area contributed by atoms with Gasteiger partial charge in [-0.15, -0.1) is 0 Å². The molecule has 1 amide bonds. The van der Waals surface area contributed by atoms with Crippen molar-refractivity contribution < 1.29 is 4.79 Å². The van der Waals surface area contributed by atoms with Gasteiger partial charge in [-0.3, -0.25) is 9.36 Å². The zero-order valence-electron chi connectivity index (χ0n) is 15.8. The number of carbonyl (C=O) groups excluding carboxylic acids is 1. The Morgan fingerprint density at radius 2 is 1.73 bits per heavy atom. The molecule has 0 aliphatic rings. The highest BCUT2D eigenvalue weighted by Crippen LogP contribution is 2.22. The number of pyridine rings is 1. The Balaban J connectivity index is 1.39. The molecule has 30 heavy (non-hydrogen) atoms. The molecule has 3 aromatic heterocycles. The van der Waals surface area contributed by atoms with Crippen molar-refractivity contribution in [1.29, 1.82) is 0 Å². The second-order valence-corrected chi connectivity index (χ2v) is 7.16. The van der Waals surface area contributed by atoms with E-state index in [2.05, 4.69) is 15.3 Å². The number of benzene rings is 2. The molecule has 3 heterocycles. The lowest BCUT2D eigenvalue weighted by atomic mass is 10.1. The number of hydrogen-bond donors (Lipinski definition) is 2. The van der Waals surface area contributed by atoms with Gasteiger partial charge in [-0.25, -0.2) is 4.98 Å². The predicted octanol–water partition coefficient (Wildman–Crippen LogP) is 5.10. The van der Waals surface area contributed by atoms with Crippen LogP contribution in [0.5, 0.6) is 0 Å². The molecule has 5 aromatic rings. The van der Waals surface area contributed by atoms with Crippen molar-refractivity contribution in [2.24, 2.45) is 0 Å². The van der Waals surface area contributed by atoms with Gasteiger partial charge in [0.15, 0.2) is 4.77 Å². The topological polar surface area (TPSA) is 67.1 Å². The number of rotatable bonds is 4. The van der Waals surface area contributed by atoms with Crippen LogP contribution in [0.15, 0.2) is 91.4 Å². The SMILES string of the molecule is O=C(Nc1ccc(-c2cn3ccccc3n2)cc1)c1c[nH]c(=S)n1-c1ccccc1. The molecule has 0 saturated carbocycles. The first-order valence-electron chi connectivity index (χ1n) is 9.40. The van der Waals surface area contributed by atoms with Gasteiger partial charge in [-0.1, -0.05) is 36.4 Å². The molecular formula is C23H17N5OS. The lowest BCUT2D eigenvalue weighted by molar-refractivity contribution is 0.102. The highest BCUT2D eigenvalue weighted by atomic mass is 32.1. The maximum absolute atomic E-state index is 12.9. The Bertz CT molecular complexity index is 1360. The number of carbonyl (C=O) groups is 1. The Morgan fingerprint density at radius 1 is 0.967 bits per heavy atom. The summed E-state index contributed by atoms with van der Waals surface area (Å²) in [4.78, 5) is 20.5. The molecule has 7 heteroatoms. The number of nitrogens with zero attached hydrogens (tertiary/aromatic N) is 3. The highest BCUT2D eigenvalue weighted by Gasteiger charge is 2.15. The molecule has 0 spiro atoms. The van der Waals surface area contributed by atoms with Crippen LogP contribution >= 0.6 is 12.2 Å². The number of anilines is 1. The summed E-state index contributed by atoms with van der Waals surface area (Å²) in [5.74, 6) is -0.244. The molecule has 0 aliphatic heterocycles. The Hall–Kier alpha value is -3.97. The molecule has 0 saturated heterocycles. The van der Waals surface area contributed by atoms with Gasteiger partial charge >= 0.3 is 0 Å². The quantitative estimate of drug-likeness (QED) is 0.404.